The summed E-state index contributed by atoms with van der Waals surface area (Å²) < 4.78 is 10.5. The molecule has 4 nitrogen and oxygen atoms in total. The van der Waals surface area contributed by atoms with Crippen LogP contribution in [0.3, 0.4) is 0 Å². The first-order chi connectivity index (χ1) is 8.78. The Morgan fingerprint density at radius 1 is 1.11 bits per heavy atom. The standard InChI is InChI=1S/C14H12N2O2/c1-17-11-4-5-12(14(7-11)18-2)13-6-3-10(8-15)9-16-13/h3-7,9H,1-2H3. The van der Waals surface area contributed by atoms with Crippen LogP contribution in [-0.4, -0.2) is 19.2 Å². The molecule has 0 saturated carbocycles. The second-order valence-corrected chi connectivity index (χ2v) is 3.61. The van der Waals surface area contributed by atoms with Crippen molar-refractivity contribution in [2.45, 2.75) is 0 Å². The van der Waals surface area contributed by atoms with Gasteiger partial charge < -0.3 is 9.47 Å². The molecule has 2 aromatic rings. The van der Waals surface area contributed by atoms with E-state index in [2.05, 4.69) is 4.98 Å². The van der Waals surface area contributed by atoms with Crippen molar-refractivity contribution in [2.75, 3.05) is 14.2 Å². The van der Waals surface area contributed by atoms with E-state index in [0.29, 0.717) is 11.3 Å². The zero-order valence-electron chi connectivity index (χ0n) is 10.2. The van der Waals surface area contributed by atoms with Gasteiger partial charge >= 0.3 is 0 Å². The molecule has 1 heterocycles. The zero-order chi connectivity index (χ0) is 13.0. The minimum atomic E-state index is 0.534. The highest BCUT2D eigenvalue weighted by Crippen LogP contribution is 2.31. The van der Waals surface area contributed by atoms with E-state index in [1.54, 1.807) is 38.6 Å². The van der Waals surface area contributed by atoms with E-state index in [1.807, 2.05) is 18.2 Å². The van der Waals surface area contributed by atoms with Crippen molar-refractivity contribution in [3.8, 4) is 28.8 Å². The van der Waals surface area contributed by atoms with E-state index >= 15 is 0 Å². The summed E-state index contributed by atoms with van der Waals surface area (Å²) in [4.78, 5) is 4.24. The fourth-order valence-corrected chi connectivity index (χ4v) is 1.63. The van der Waals surface area contributed by atoms with Crippen molar-refractivity contribution in [3.63, 3.8) is 0 Å². The molecule has 0 bridgehead atoms. The zero-order valence-corrected chi connectivity index (χ0v) is 10.2. The molecule has 2 rings (SSSR count). The molecule has 0 saturated heterocycles. The predicted molar refractivity (Wildman–Crippen MR) is 67.5 cm³/mol. The molecule has 0 amide bonds. The third-order valence-corrected chi connectivity index (χ3v) is 2.58. The highest BCUT2D eigenvalue weighted by Gasteiger charge is 2.08. The maximum absolute atomic E-state index is 8.74. The third kappa shape index (κ3) is 2.25. The Labute approximate surface area is 105 Å². The van der Waals surface area contributed by atoms with Gasteiger partial charge in [0.2, 0.25) is 0 Å². The summed E-state index contributed by atoms with van der Waals surface area (Å²) in [6, 6.07) is 11.1. The van der Waals surface area contributed by atoms with Crippen molar-refractivity contribution in [1.82, 2.24) is 4.98 Å². The number of nitrogens with zero attached hydrogens (tertiary/aromatic N) is 2. The van der Waals surface area contributed by atoms with Crippen molar-refractivity contribution in [1.29, 1.82) is 5.26 Å². The van der Waals surface area contributed by atoms with E-state index in [-0.39, 0.29) is 0 Å². The molecule has 0 atom stereocenters. The van der Waals surface area contributed by atoms with Gasteiger partial charge in [0.25, 0.3) is 0 Å². The molecule has 0 unspecified atom stereocenters. The van der Waals surface area contributed by atoms with Crippen LogP contribution in [0.15, 0.2) is 36.5 Å². The Morgan fingerprint density at radius 3 is 2.50 bits per heavy atom. The van der Waals surface area contributed by atoms with Gasteiger partial charge in [0.05, 0.1) is 25.5 Å². The summed E-state index contributed by atoms with van der Waals surface area (Å²) in [7, 11) is 3.20. The molecule has 1 aromatic heterocycles. The molecule has 4 heteroatoms. The van der Waals surface area contributed by atoms with Gasteiger partial charge in [-0.25, -0.2) is 0 Å². The van der Waals surface area contributed by atoms with Crippen molar-refractivity contribution in [3.05, 3.63) is 42.1 Å². The van der Waals surface area contributed by atoms with E-state index in [9.17, 15) is 0 Å². The van der Waals surface area contributed by atoms with Crippen molar-refractivity contribution < 1.29 is 9.47 Å². The van der Waals surface area contributed by atoms with Crippen LogP contribution in [0.25, 0.3) is 11.3 Å². The van der Waals surface area contributed by atoms with E-state index in [1.165, 1.54) is 0 Å². The third-order valence-electron chi connectivity index (χ3n) is 2.58. The molecule has 0 spiro atoms. The molecule has 18 heavy (non-hydrogen) atoms. The van der Waals surface area contributed by atoms with E-state index in [0.717, 1.165) is 17.0 Å². The molecule has 0 fully saturated rings. The Balaban J connectivity index is 2.46. The molecule has 90 valence electrons. The van der Waals surface area contributed by atoms with E-state index in [4.69, 9.17) is 14.7 Å². The smallest absolute Gasteiger partial charge is 0.131 e. The number of nitriles is 1. The maximum Gasteiger partial charge on any atom is 0.131 e. The fraction of sp³-hybridized carbons (Fsp3) is 0.143. The predicted octanol–water partition coefficient (Wildman–Crippen LogP) is 2.64. The first-order valence-electron chi connectivity index (χ1n) is 5.37. The summed E-state index contributed by atoms with van der Waals surface area (Å²) in [6.07, 6.45) is 1.54. The highest BCUT2D eigenvalue weighted by molar-refractivity contribution is 5.68. The van der Waals surface area contributed by atoms with Crippen LogP contribution in [0.1, 0.15) is 5.56 Å². The van der Waals surface area contributed by atoms with Crippen LogP contribution in [0.2, 0.25) is 0 Å². The lowest BCUT2D eigenvalue weighted by Crippen LogP contribution is -1.92. The summed E-state index contributed by atoms with van der Waals surface area (Å²) in [5.74, 6) is 1.41. The summed E-state index contributed by atoms with van der Waals surface area (Å²) >= 11 is 0. The van der Waals surface area contributed by atoms with Gasteiger partial charge in [-0.3, -0.25) is 4.98 Å². The van der Waals surface area contributed by atoms with Gasteiger partial charge in [-0.2, -0.15) is 5.26 Å². The minimum Gasteiger partial charge on any atom is -0.497 e. The van der Waals surface area contributed by atoms with E-state index < -0.39 is 0 Å². The second-order valence-electron chi connectivity index (χ2n) is 3.61. The number of rotatable bonds is 3. The summed E-state index contributed by atoms with van der Waals surface area (Å²) in [5, 5.41) is 8.74. The Morgan fingerprint density at radius 2 is 1.94 bits per heavy atom. The average molecular weight is 240 g/mol. The quantitative estimate of drug-likeness (QED) is 0.827. The molecule has 0 N–H and O–H groups in total. The van der Waals surface area contributed by atoms with Gasteiger partial charge in [0.15, 0.2) is 0 Å². The van der Waals surface area contributed by atoms with Crippen molar-refractivity contribution >= 4 is 0 Å². The molecular formula is C14H12N2O2. The van der Waals surface area contributed by atoms with Gasteiger partial charge in [-0.05, 0) is 24.3 Å². The number of aromatic nitrogens is 1. The van der Waals surface area contributed by atoms with Crippen LogP contribution in [0.4, 0.5) is 0 Å². The number of pyridine rings is 1. The largest absolute Gasteiger partial charge is 0.497 e. The molecule has 0 aliphatic carbocycles. The maximum atomic E-state index is 8.74. The topological polar surface area (TPSA) is 55.1 Å². The van der Waals surface area contributed by atoms with Crippen LogP contribution in [0, 0.1) is 11.3 Å². The number of benzene rings is 1. The number of ether oxygens (including phenoxy) is 2. The fourth-order valence-electron chi connectivity index (χ4n) is 1.63. The molecule has 1 aromatic carbocycles. The second kappa shape index (κ2) is 5.19. The van der Waals surface area contributed by atoms with Crippen molar-refractivity contribution in [2.24, 2.45) is 0 Å². The first kappa shape index (κ1) is 11.9. The van der Waals surface area contributed by atoms with Crippen LogP contribution in [0.5, 0.6) is 11.5 Å². The number of hydrogen-bond donors (Lipinski definition) is 0. The number of methoxy groups -OCH3 is 2. The van der Waals surface area contributed by atoms with Gasteiger partial charge in [-0.15, -0.1) is 0 Å². The average Bonchev–Trinajstić information content (AvgIpc) is 2.46. The molecule has 0 aliphatic heterocycles. The first-order valence-corrected chi connectivity index (χ1v) is 5.37. The Hall–Kier alpha value is -2.54. The molecule has 0 aliphatic rings. The lowest BCUT2D eigenvalue weighted by Gasteiger charge is -2.09. The Bertz CT molecular complexity index is 586. The van der Waals surface area contributed by atoms with Gasteiger partial charge in [-0.1, -0.05) is 0 Å². The lowest BCUT2D eigenvalue weighted by molar-refractivity contribution is 0.395. The van der Waals surface area contributed by atoms with Crippen LogP contribution < -0.4 is 9.47 Å². The van der Waals surface area contributed by atoms with Gasteiger partial charge in [0, 0.05) is 17.8 Å². The Kier molecular flexibility index (Phi) is 3.44. The minimum absolute atomic E-state index is 0.534. The SMILES string of the molecule is COc1ccc(-c2ccc(C#N)cn2)c(OC)c1. The number of hydrogen-bond acceptors (Lipinski definition) is 4. The lowest BCUT2D eigenvalue weighted by atomic mass is 10.1. The highest BCUT2D eigenvalue weighted by atomic mass is 16.5. The molecule has 0 radical (unpaired) electrons. The monoisotopic (exact) mass is 240 g/mol. The summed E-state index contributed by atoms with van der Waals surface area (Å²) in [5.41, 5.74) is 2.16. The van der Waals surface area contributed by atoms with Gasteiger partial charge in [0.1, 0.15) is 17.6 Å². The molecular weight excluding hydrogens is 228 g/mol. The van der Waals surface area contributed by atoms with Crippen LogP contribution in [-0.2, 0) is 0 Å². The normalized spacial score (nSPS) is 9.61. The van der Waals surface area contributed by atoms with Crippen LogP contribution >= 0.6 is 0 Å². The summed E-state index contributed by atoms with van der Waals surface area (Å²) in [6.45, 7) is 0.